The number of rotatable bonds is 7. The van der Waals surface area contributed by atoms with E-state index >= 15 is 0 Å². The van der Waals surface area contributed by atoms with Crippen LogP contribution in [0.2, 0.25) is 0 Å². The molecule has 3 aromatic rings. The fourth-order valence-corrected chi connectivity index (χ4v) is 2.35. The van der Waals surface area contributed by atoms with E-state index in [1.165, 1.54) is 0 Å². The summed E-state index contributed by atoms with van der Waals surface area (Å²) in [6.45, 7) is 1.10. The molecule has 26 heavy (non-hydrogen) atoms. The summed E-state index contributed by atoms with van der Waals surface area (Å²) in [6, 6.07) is 15.0. The van der Waals surface area contributed by atoms with Crippen molar-refractivity contribution < 1.29 is 9.53 Å². The van der Waals surface area contributed by atoms with Crippen LogP contribution in [-0.2, 0) is 13.1 Å². The largest absolute Gasteiger partial charge is 0.497 e. The van der Waals surface area contributed by atoms with Crippen LogP contribution in [0.5, 0.6) is 5.75 Å². The summed E-state index contributed by atoms with van der Waals surface area (Å²) >= 11 is 0. The van der Waals surface area contributed by atoms with Crippen LogP contribution < -0.4 is 15.4 Å². The molecular weight excluding hydrogens is 328 g/mol. The lowest BCUT2D eigenvalue weighted by atomic mass is 10.2. The number of nitrogens with zero attached hydrogens (tertiary/aromatic N) is 2. The average Bonchev–Trinajstić information content (AvgIpc) is 2.72. The van der Waals surface area contributed by atoms with E-state index < -0.39 is 0 Å². The Morgan fingerprint density at radius 1 is 0.962 bits per heavy atom. The standard InChI is InChI=1S/C20H20N4O2/c1-26-18-5-2-15(3-6-18)13-24-20(25)17-4-7-19(23-14-17)22-12-16-8-10-21-11-9-16/h2-11,14H,12-13H2,1H3,(H,22,23)(H,24,25). The molecule has 0 aliphatic carbocycles. The van der Waals surface area contributed by atoms with E-state index in [-0.39, 0.29) is 5.91 Å². The molecule has 1 aromatic carbocycles. The number of aromatic nitrogens is 2. The predicted molar refractivity (Wildman–Crippen MR) is 100.0 cm³/mol. The highest BCUT2D eigenvalue weighted by molar-refractivity contribution is 5.94. The molecule has 0 radical (unpaired) electrons. The molecule has 0 atom stereocenters. The number of ether oxygens (including phenoxy) is 1. The second-order valence-corrected chi connectivity index (χ2v) is 5.67. The number of pyridine rings is 2. The minimum atomic E-state index is -0.158. The van der Waals surface area contributed by atoms with Crippen molar-refractivity contribution in [3.05, 3.63) is 83.8 Å². The number of carbonyl (C=O) groups excluding carboxylic acids is 1. The van der Waals surface area contributed by atoms with Crippen molar-refractivity contribution in [1.29, 1.82) is 0 Å². The van der Waals surface area contributed by atoms with Crippen molar-refractivity contribution in [3.8, 4) is 5.75 Å². The quantitative estimate of drug-likeness (QED) is 0.686. The number of methoxy groups -OCH3 is 1. The summed E-state index contributed by atoms with van der Waals surface area (Å²) in [5, 5.41) is 6.10. The van der Waals surface area contributed by atoms with E-state index in [9.17, 15) is 4.79 Å². The second-order valence-electron chi connectivity index (χ2n) is 5.67. The number of amides is 1. The Kier molecular flexibility index (Phi) is 5.77. The molecule has 0 bridgehead atoms. The molecule has 0 saturated heterocycles. The van der Waals surface area contributed by atoms with Gasteiger partial charge in [0, 0.05) is 31.7 Å². The Morgan fingerprint density at radius 2 is 1.69 bits per heavy atom. The predicted octanol–water partition coefficient (Wildman–Crippen LogP) is 3.03. The summed E-state index contributed by atoms with van der Waals surface area (Å²) in [5.74, 6) is 1.35. The first-order chi connectivity index (χ1) is 12.7. The minimum Gasteiger partial charge on any atom is -0.497 e. The van der Waals surface area contributed by atoms with Crippen molar-refractivity contribution in [2.45, 2.75) is 13.1 Å². The summed E-state index contributed by atoms with van der Waals surface area (Å²) in [5.41, 5.74) is 2.64. The smallest absolute Gasteiger partial charge is 0.253 e. The van der Waals surface area contributed by atoms with Crippen LogP contribution in [0.15, 0.2) is 67.1 Å². The Bertz CT molecular complexity index is 834. The lowest BCUT2D eigenvalue weighted by molar-refractivity contribution is 0.0950. The zero-order chi connectivity index (χ0) is 18.2. The molecule has 132 valence electrons. The first-order valence-corrected chi connectivity index (χ1v) is 8.24. The van der Waals surface area contributed by atoms with Gasteiger partial charge in [0.25, 0.3) is 5.91 Å². The highest BCUT2D eigenvalue weighted by Gasteiger charge is 2.06. The Morgan fingerprint density at radius 3 is 2.35 bits per heavy atom. The maximum Gasteiger partial charge on any atom is 0.253 e. The first-order valence-electron chi connectivity index (χ1n) is 8.24. The van der Waals surface area contributed by atoms with Crippen molar-refractivity contribution in [3.63, 3.8) is 0 Å². The molecule has 2 aromatic heterocycles. The van der Waals surface area contributed by atoms with Gasteiger partial charge in [-0.1, -0.05) is 12.1 Å². The highest BCUT2D eigenvalue weighted by atomic mass is 16.5. The topological polar surface area (TPSA) is 76.1 Å². The van der Waals surface area contributed by atoms with Crippen LogP contribution >= 0.6 is 0 Å². The van der Waals surface area contributed by atoms with Crippen molar-refractivity contribution in [1.82, 2.24) is 15.3 Å². The summed E-state index contributed by atoms with van der Waals surface area (Å²) in [4.78, 5) is 20.5. The van der Waals surface area contributed by atoms with Crippen LogP contribution in [0.3, 0.4) is 0 Å². The second kappa shape index (κ2) is 8.62. The maximum absolute atomic E-state index is 12.2. The number of nitrogens with one attached hydrogen (secondary N) is 2. The minimum absolute atomic E-state index is 0.158. The van der Waals surface area contributed by atoms with Gasteiger partial charge in [0.15, 0.2) is 0 Å². The highest BCUT2D eigenvalue weighted by Crippen LogP contribution is 2.11. The number of benzene rings is 1. The maximum atomic E-state index is 12.2. The average molecular weight is 348 g/mol. The number of hydrogen-bond donors (Lipinski definition) is 2. The monoisotopic (exact) mass is 348 g/mol. The fraction of sp³-hybridized carbons (Fsp3) is 0.150. The van der Waals surface area contributed by atoms with Crippen molar-refractivity contribution >= 4 is 11.7 Å². The molecular formula is C20H20N4O2. The zero-order valence-electron chi connectivity index (χ0n) is 14.5. The molecule has 6 nitrogen and oxygen atoms in total. The van der Waals surface area contributed by atoms with Gasteiger partial charge >= 0.3 is 0 Å². The number of carbonyl (C=O) groups is 1. The SMILES string of the molecule is COc1ccc(CNC(=O)c2ccc(NCc3ccncc3)nc2)cc1. The molecule has 2 N–H and O–H groups in total. The van der Waals surface area contributed by atoms with Gasteiger partial charge in [-0.2, -0.15) is 0 Å². The van der Waals surface area contributed by atoms with Crippen LogP contribution in [-0.4, -0.2) is 23.0 Å². The molecule has 0 aliphatic heterocycles. The van der Waals surface area contributed by atoms with E-state index in [0.717, 1.165) is 16.9 Å². The Balaban J connectivity index is 1.51. The number of hydrogen-bond acceptors (Lipinski definition) is 5. The van der Waals surface area contributed by atoms with Crippen LogP contribution in [0, 0.1) is 0 Å². The van der Waals surface area contributed by atoms with Gasteiger partial charge in [-0.05, 0) is 47.5 Å². The molecule has 0 spiro atoms. The molecule has 0 aliphatic rings. The summed E-state index contributed by atoms with van der Waals surface area (Å²) in [6.07, 6.45) is 5.07. The van der Waals surface area contributed by atoms with E-state index in [4.69, 9.17) is 4.74 Å². The van der Waals surface area contributed by atoms with E-state index in [1.54, 1.807) is 37.8 Å². The van der Waals surface area contributed by atoms with Gasteiger partial charge in [-0.3, -0.25) is 9.78 Å². The van der Waals surface area contributed by atoms with Gasteiger partial charge in [0.1, 0.15) is 11.6 Å². The molecule has 3 rings (SSSR count). The molecule has 0 fully saturated rings. The van der Waals surface area contributed by atoms with Crippen LogP contribution in [0.1, 0.15) is 21.5 Å². The summed E-state index contributed by atoms with van der Waals surface area (Å²) in [7, 11) is 1.62. The third kappa shape index (κ3) is 4.80. The molecule has 2 heterocycles. The van der Waals surface area contributed by atoms with Crippen molar-refractivity contribution in [2.75, 3.05) is 12.4 Å². The fourth-order valence-electron chi connectivity index (χ4n) is 2.35. The first kappa shape index (κ1) is 17.4. The summed E-state index contributed by atoms with van der Waals surface area (Å²) < 4.78 is 5.12. The van der Waals surface area contributed by atoms with Gasteiger partial charge < -0.3 is 15.4 Å². The Hall–Kier alpha value is -3.41. The zero-order valence-corrected chi connectivity index (χ0v) is 14.5. The molecule has 6 heteroatoms. The number of anilines is 1. The van der Waals surface area contributed by atoms with E-state index in [0.29, 0.717) is 24.5 Å². The lowest BCUT2D eigenvalue weighted by Gasteiger charge is -2.08. The van der Waals surface area contributed by atoms with Gasteiger partial charge in [-0.15, -0.1) is 0 Å². The Labute approximate surface area is 152 Å². The van der Waals surface area contributed by atoms with Gasteiger partial charge in [0.05, 0.1) is 12.7 Å². The van der Waals surface area contributed by atoms with Crippen molar-refractivity contribution in [2.24, 2.45) is 0 Å². The van der Waals surface area contributed by atoms with Crippen LogP contribution in [0.4, 0.5) is 5.82 Å². The third-order valence-corrected chi connectivity index (χ3v) is 3.86. The lowest BCUT2D eigenvalue weighted by Crippen LogP contribution is -2.22. The van der Waals surface area contributed by atoms with Gasteiger partial charge in [-0.25, -0.2) is 4.98 Å². The van der Waals surface area contributed by atoms with Crippen LogP contribution in [0.25, 0.3) is 0 Å². The van der Waals surface area contributed by atoms with E-state index in [1.807, 2.05) is 36.4 Å². The molecule has 0 saturated carbocycles. The van der Waals surface area contributed by atoms with Gasteiger partial charge in [0.2, 0.25) is 0 Å². The molecule has 1 amide bonds. The third-order valence-electron chi connectivity index (χ3n) is 3.86. The van der Waals surface area contributed by atoms with E-state index in [2.05, 4.69) is 20.6 Å². The molecule has 0 unspecified atom stereocenters. The normalized spacial score (nSPS) is 10.2.